The molecule has 0 aliphatic carbocycles. The molecule has 1 aromatic heterocycles. The van der Waals surface area contributed by atoms with Gasteiger partial charge in [0.15, 0.2) is 0 Å². The fourth-order valence-electron chi connectivity index (χ4n) is 1.68. The Bertz CT molecular complexity index is 379. The van der Waals surface area contributed by atoms with E-state index < -0.39 is 5.97 Å². The topological polar surface area (TPSA) is 58.4 Å². The number of nitrogens with zero attached hydrogens (tertiary/aromatic N) is 3. The van der Waals surface area contributed by atoms with E-state index in [4.69, 9.17) is 5.11 Å². The van der Waals surface area contributed by atoms with Crippen LogP contribution in [0.1, 0.15) is 26.6 Å². The number of carbonyl (C=O) groups is 1. The van der Waals surface area contributed by atoms with Crippen molar-refractivity contribution in [2.45, 2.75) is 39.8 Å². The number of hydrogen-bond donors (Lipinski definition) is 1. The molecule has 0 radical (unpaired) electrons. The van der Waals surface area contributed by atoms with E-state index in [9.17, 15) is 4.79 Å². The van der Waals surface area contributed by atoms with Crippen LogP contribution in [0.25, 0.3) is 0 Å². The van der Waals surface area contributed by atoms with Crippen LogP contribution in [-0.4, -0.2) is 44.2 Å². The van der Waals surface area contributed by atoms with Gasteiger partial charge in [0.1, 0.15) is 5.82 Å². The SMILES string of the molecule is Cc1nccn1CCN(CC(=O)O)C(C)(C)C. The first-order chi connectivity index (χ1) is 7.80. The normalized spacial score (nSPS) is 12.1. The highest BCUT2D eigenvalue weighted by Crippen LogP contribution is 2.13. The average molecular weight is 239 g/mol. The number of imidazole rings is 1. The summed E-state index contributed by atoms with van der Waals surface area (Å²) in [7, 11) is 0. The monoisotopic (exact) mass is 239 g/mol. The van der Waals surface area contributed by atoms with Gasteiger partial charge in [-0.15, -0.1) is 0 Å². The molecule has 0 bridgehead atoms. The number of aryl methyl sites for hydroxylation is 1. The van der Waals surface area contributed by atoms with Crippen LogP contribution in [0.2, 0.25) is 0 Å². The standard InChI is InChI=1S/C12H21N3O2/c1-10-13-5-6-14(10)7-8-15(9-11(16)17)12(2,3)4/h5-6H,7-9H2,1-4H3,(H,16,17). The Balaban J connectivity index is 2.61. The Morgan fingerprint density at radius 1 is 1.53 bits per heavy atom. The number of rotatable bonds is 5. The molecule has 1 aromatic rings. The third kappa shape index (κ3) is 4.19. The molecule has 17 heavy (non-hydrogen) atoms. The molecule has 1 N–H and O–H groups in total. The zero-order valence-electron chi connectivity index (χ0n) is 11.0. The quantitative estimate of drug-likeness (QED) is 0.843. The summed E-state index contributed by atoms with van der Waals surface area (Å²) >= 11 is 0. The molecule has 0 atom stereocenters. The first-order valence-corrected chi connectivity index (χ1v) is 5.75. The molecule has 0 amide bonds. The summed E-state index contributed by atoms with van der Waals surface area (Å²) in [5.74, 6) is 0.163. The van der Waals surface area contributed by atoms with Crippen molar-refractivity contribution in [3.05, 3.63) is 18.2 Å². The molecule has 0 aliphatic heterocycles. The molecule has 0 spiro atoms. The molecule has 1 rings (SSSR count). The minimum atomic E-state index is -0.790. The summed E-state index contributed by atoms with van der Waals surface area (Å²) < 4.78 is 2.03. The van der Waals surface area contributed by atoms with Gasteiger partial charge in [0.25, 0.3) is 0 Å². The predicted octanol–water partition coefficient (Wildman–Crippen LogP) is 1.38. The van der Waals surface area contributed by atoms with Crippen LogP contribution in [0.5, 0.6) is 0 Å². The van der Waals surface area contributed by atoms with Gasteiger partial charge in [-0.1, -0.05) is 0 Å². The van der Waals surface area contributed by atoms with Crippen LogP contribution in [0.15, 0.2) is 12.4 Å². The van der Waals surface area contributed by atoms with Gasteiger partial charge >= 0.3 is 5.97 Å². The number of aliphatic carboxylic acids is 1. The van der Waals surface area contributed by atoms with Crippen molar-refractivity contribution in [2.75, 3.05) is 13.1 Å². The van der Waals surface area contributed by atoms with Gasteiger partial charge in [-0.2, -0.15) is 0 Å². The summed E-state index contributed by atoms with van der Waals surface area (Å²) in [5.41, 5.74) is -0.146. The lowest BCUT2D eigenvalue weighted by Gasteiger charge is -2.34. The van der Waals surface area contributed by atoms with Crippen molar-refractivity contribution >= 4 is 5.97 Å². The van der Waals surface area contributed by atoms with Gasteiger partial charge < -0.3 is 9.67 Å². The Hall–Kier alpha value is -1.36. The number of carboxylic acid groups (broad SMARTS) is 1. The van der Waals surface area contributed by atoms with Crippen LogP contribution in [-0.2, 0) is 11.3 Å². The number of hydrogen-bond acceptors (Lipinski definition) is 3. The maximum absolute atomic E-state index is 10.8. The second-order valence-electron chi connectivity index (χ2n) is 5.15. The third-order valence-electron chi connectivity index (χ3n) is 2.81. The summed E-state index contributed by atoms with van der Waals surface area (Å²) in [6, 6.07) is 0. The van der Waals surface area contributed by atoms with Crippen molar-refractivity contribution in [3.63, 3.8) is 0 Å². The largest absolute Gasteiger partial charge is 0.480 e. The Labute approximate surface area is 102 Å². The molecule has 5 nitrogen and oxygen atoms in total. The molecule has 1 heterocycles. The van der Waals surface area contributed by atoms with Gasteiger partial charge in [-0.3, -0.25) is 9.69 Å². The van der Waals surface area contributed by atoms with Crippen LogP contribution >= 0.6 is 0 Å². The zero-order chi connectivity index (χ0) is 13.1. The van der Waals surface area contributed by atoms with E-state index >= 15 is 0 Å². The summed E-state index contributed by atoms with van der Waals surface area (Å²) in [6.07, 6.45) is 3.67. The average Bonchev–Trinajstić information content (AvgIpc) is 2.56. The first kappa shape index (κ1) is 13.7. The lowest BCUT2D eigenvalue weighted by atomic mass is 10.1. The van der Waals surface area contributed by atoms with E-state index in [-0.39, 0.29) is 12.1 Å². The maximum Gasteiger partial charge on any atom is 0.317 e. The zero-order valence-corrected chi connectivity index (χ0v) is 11.0. The van der Waals surface area contributed by atoms with Gasteiger partial charge in [0.2, 0.25) is 0 Å². The summed E-state index contributed by atoms with van der Waals surface area (Å²) in [6.45, 7) is 9.55. The first-order valence-electron chi connectivity index (χ1n) is 5.75. The van der Waals surface area contributed by atoms with Crippen LogP contribution < -0.4 is 0 Å². The molecule has 96 valence electrons. The number of aromatic nitrogens is 2. The molecule has 0 aromatic carbocycles. The third-order valence-corrected chi connectivity index (χ3v) is 2.81. The number of carboxylic acids is 1. The molecular formula is C12H21N3O2. The molecule has 5 heteroatoms. The highest BCUT2D eigenvalue weighted by Gasteiger charge is 2.23. The predicted molar refractivity (Wildman–Crippen MR) is 65.9 cm³/mol. The fraction of sp³-hybridized carbons (Fsp3) is 0.667. The molecule has 0 saturated heterocycles. The van der Waals surface area contributed by atoms with E-state index in [2.05, 4.69) is 4.98 Å². The highest BCUT2D eigenvalue weighted by molar-refractivity contribution is 5.69. The summed E-state index contributed by atoms with van der Waals surface area (Å²) in [5, 5.41) is 8.90. The smallest absolute Gasteiger partial charge is 0.317 e. The van der Waals surface area contributed by atoms with Crippen molar-refractivity contribution in [1.82, 2.24) is 14.5 Å². The van der Waals surface area contributed by atoms with Gasteiger partial charge in [0.05, 0.1) is 6.54 Å². The maximum atomic E-state index is 10.8. The Morgan fingerprint density at radius 2 is 2.18 bits per heavy atom. The molecular weight excluding hydrogens is 218 g/mol. The highest BCUT2D eigenvalue weighted by atomic mass is 16.4. The van der Waals surface area contributed by atoms with Gasteiger partial charge in [-0.25, -0.2) is 4.98 Å². The molecule has 0 saturated carbocycles. The van der Waals surface area contributed by atoms with E-state index in [1.807, 2.05) is 43.4 Å². The second kappa shape index (κ2) is 5.31. The van der Waals surface area contributed by atoms with E-state index in [1.54, 1.807) is 6.20 Å². The Kier molecular flexibility index (Phi) is 4.28. The van der Waals surface area contributed by atoms with E-state index in [0.717, 1.165) is 12.4 Å². The Morgan fingerprint density at radius 3 is 2.59 bits per heavy atom. The second-order valence-corrected chi connectivity index (χ2v) is 5.15. The van der Waals surface area contributed by atoms with Gasteiger partial charge in [-0.05, 0) is 27.7 Å². The van der Waals surface area contributed by atoms with Crippen LogP contribution in [0, 0.1) is 6.92 Å². The van der Waals surface area contributed by atoms with Crippen molar-refractivity contribution in [2.24, 2.45) is 0 Å². The van der Waals surface area contributed by atoms with Gasteiger partial charge in [0, 0.05) is 31.0 Å². The summed E-state index contributed by atoms with van der Waals surface area (Å²) in [4.78, 5) is 16.9. The fourth-order valence-corrected chi connectivity index (χ4v) is 1.68. The van der Waals surface area contributed by atoms with Crippen molar-refractivity contribution in [1.29, 1.82) is 0 Å². The van der Waals surface area contributed by atoms with Crippen LogP contribution in [0.4, 0.5) is 0 Å². The van der Waals surface area contributed by atoms with E-state index in [0.29, 0.717) is 6.54 Å². The van der Waals surface area contributed by atoms with Crippen LogP contribution in [0.3, 0.4) is 0 Å². The van der Waals surface area contributed by atoms with Crippen molar-refractivity contribution in [3.8, 4) is 0 Å². The van der Waals surface area contributed by atoms with Crippen molar-refractivity contribution < 1.29 is 9.90 Å². The minimum absolute atomic E-state index is 0.0667. The lowest BCUT2D eigenvalue weighted by Crippen LogP contribution is -2.45. The molecule has 0 fully saturated rings. The molecule has 0 aliphatic rings. The molecule has 0 unspecified atom stereocenters. The lowest BCUT2D eigenvalue weighted by molar-refractivity contribution is -0.139. The van der Waals surface area contributed by atoms with E-state index in [1.165, 1.54) is 0 Å². The minimum Gasteiger partial charge on any atom is -0.480 e.